The second-order valence-corrected chi connectivity index (χ2v) is 8.02. The molecule has 2 heteroatoms. The normalized spacial score (nSPS) is 37.6. The van der Waals surface area contributed by atoms with Crippen LogP contribution in [-0.4, -0.2) is 30.6 Å². The molecule has 110 valence electrons. The van der Waals surface area contributed by atoms with E-state index in [1.54, 1.807) is 0 Å². The van der Waals surface area contributed by atoms with E-state index in [1.807, 2.05) is 0 Å². The molecule has 4 unspecified atom stereocenters. The van der Waals surface area contributed by atoms with Crippen molar-refractivity contribution >= 4 is 0 Å². The Bertz CT molecular complexity index is 312. The minimum Gasteiger partial charge on any atom is -0.329 e. The van der Waals surface area contributed by atoms with Gasteiger partial charge in [-0.05, 0) is 63.3 Å². The lowest BCUT2D eigenvalue weighted by Crippen LogP contribution is -2.53. The Kier molecular flexibility index (Phi) is 3.92. The molecule has 2 bridgehead atoms. The first kappa shape index (κ1) is 13.9. The number of nitrogens with zero attached hydrogens (tertiary/aromatic N) is 1. The van der Waals surface area contributed by atoms with Gasteiger partial charge < -0.3 is 5.73 Å². The summed E-state index contributed by atoms with van der Waals surface area (Å²) in [7, 11) is 2.33. The molecule has 2 N–H and O–H groups in total. The fourth-order valence-electron chi connectivity index (χ4n) is 4.89. The number of hydrogen-bond acceptors (Lipinski definition) is 2. The molecule has 3 saturated carbocycles. The average molecular weight is 264 g/mol. The number of hydrogen-bond donors (Lipinski definition) is 1. The quantitative estimate of drug-likeness (QED) is 0.798. The molecule has 3 fully saturated rings. The molecule has 2 nitrogen and oxygen atoms in total. The van der Waals surface area contributed by atoms with Crippen molar-refractivity contribution in [1.29, 1.82) is 0 Å². The van der Waals surface area contributed by atoms with Gasteiger partial charge in [0.1, 0.15) is 0 Å². The van der Waals surface area contributed by atoms with Crippen molar-refractivity contribution in [3.8, 4) is 0 Å². The molecule has 0 radical (unpaired) electrons. The smallest absolute Gasteiger partial charge is 0.0303 e. The third-order valence-corrected chi connectivity index (χ3v) is 6.71. The molecular formula is C17H32N2. The SMILES string of the molecule is CN(CC1CC2CCC1C2)C(C)(CN)CC1CCC1. The van der Waals surface area contributed by atoms with Crippen molar-refractivity contribution in [3.05, 3.63) is 0 Å². The van der Waals surface area contributed by atoms with Gasteiger partial charge in [0.15, 0.2) is 0 Å². The summed E-state index contributed by atoms with van der Waals surface area (Å²) in [5.74, 6) is 4.03. The summed E-state index contributed by atoms with van der Waals surface area (Å²) in [4.78, 5) is 2.62. The molecule has 0 amide bonds. The van der Waals surface area contributed by atoms with Crippen LogP contribution in [0.25, 0.3) is 0 Å². The summed E-state index contributed by atoms with van der Waals surface area (Å²) < 4.78 is 0. The minimum absolute atomic E-state index is 0.243. The first-order valence-electron chi connectivity index (χ1n) is 8.52. The van der Waals surface area contributed by atoms with Gasteiger partial charge in [0.05, 0.1) is 0 Å². The van der Waals surface area contributed by atoms with Gasteiger partial charge in [0.25, 0.3) is 0 Å². The molecule has 0 aromatic carbocycles. The molecule has 3 rings (SSSR count). The third kappa shape index (κ3) is 2.71. The Hall–Kier alpha value is -0.0800. The molecule has 3 aliphatic carbocycles. The van der Waals surface area contributed by atoms with Gasteiger partial charge in [-0.25, -0.2) is 0 Å². The fourth-order valence-corrected chi connectivity index (χ4v) is 4.89. The molecule has 0 saturated heterocycles. The van der Waals surface area contributed by atoms with Crippen LogP contribution in [0, 0.1) is 23.7 Å². The van der Waals surface area contributed by atoms with Crippen LogP contribution >= 0.6 is 0 Å². The first-order chi connectivity index (χ1) is 9.10. The van der Waals surface area contributed by atoms with E-state index in [-0.39, 0.29) is 5.54 Å². The zero-order chi connectivity index (χ0) is 13.5. The van der Waals surface area contributed by atoms with Crippen molar-refractivity contribution < 1.29 is 0 Å². The van der Waals surface area contributed by atoms with E-state index >= 15 is 0 Å². The Labute approximate surface area is 119 Å². The highest BCUT2D eigenvalue weighted by molar-refractivity contribution is 4.95. The van der Waals surface area contributed by atoms with Crippen molar-refractivity contribution in [2.24, 2.45) is 29.4 Å². The lowest BCUT2D eigenvalue weighted by atomic mass is 9.75. The van der Waals surface area contributed by atoms with Gasteiger partial charge in [-0.2, -0.15) is 0 Å². The summed E-state index contributed by atoms with van der Waals surface area (Å²) in [6.45, 7) is 4.51. The van der Waals surface area contributed by atoms with E-state index in [0.29, 0.717) is 0 Å². The second kappa shape index (κ2) is 5.37. The zero-order valence-electron chi connectivity index (χ0n) is 12.9. The van der Waals surface area contributed by atoms with Crippen LogP contribution in [-0.2, 0) is 0 Å². The van der Waals surface area contributed by atoms with Crippen molar-refractivity contribution in [1.82, 2.24) is 4.90 Å². The molecule has 3 aliphatic rings. The van der Waals surface area contributed by atoms with Crippen molar-refractivity contribution in [3.63, 3.8) is 0 Å². The van der Waals surface area contributed by atoms with Crippen LogP contribution in [0.5, 0.6) is 0 Å². The molecule has 0 aliphatic heterocycles. The summed E-state index contributed by atoms with van der Waals surface area (Å²) in [5, 5.41) is 0. The predicted octanol–water partition coefficient (Wildman–Crippen LogP) is 3.26. The molecule has 0 aromatic heterocycles. The third-order valence-electron chi connectivity index (χ3n) is 6.71. The van der Waals surface area contributed by atoms with Crippen LogP contribution in [0.4, 0.5) is 0 Å². The number of rotatable bonds is 6. The highest BCUT2D eigenvalue weighted by Gasteiger charge is 2.42. The Balaban J connectivity index is 1.56. The monoisotopic (exact) mass is 264 g/mol. The second-order valence-electron chi connectivity index (χ2n) is 8.02. The predicted molar refractivity (Wildman–Crippen MR) is 81.0 cm³/mol. The maximum absolute atomic E-state index is 6.14. The summed E-state index contributed by atoms with van der Waals surface area (Å²) >= 11 is 0. The standard InChI is InChI=1S/C17H32N2/c1-17(12-18,10-13-4-3-5-13)19(2)11-16-9-14-6-7-15(16)8-14/h13-16H,3-12,18H2,1-2H3. The van der Waals surface area contributed by atoms with Crippen molar-refractivity contribution in [2.75, 3.05) is 20.1 Å². The Morgan fingerprint density at radius 1 is 1.16 bits per heavy atom. The van der Waals surface area contributed by atoms with Crippen LogP contribution in [0.3, 0.4) is 0 Å². The van der Waals surface area contributed by atoms with Gasteiger partial charge in [-0.3, -0.25) is 4.90 Å². The van der Waals surface area contributed by atoms with Gasteiger partial charge in [0, 0.05) is 18.6 Å². The van der Waals surface area contributed by atoms with E-state index < -0.39 is 0 Å². The largest absolute Gasteiger partial charge is 0.329 e. The van der Waals surface area contributed by atoms with Crippen LogP contribution in [0.15, 0.2) is 0 Å². The minimum atomic E-state index is 0.243. The van der Waals surface area contributed by atoms with Gasteiger partial charge in [-0.15, -0.1) is 0 Å². The lowest BCUT2D eigenvalue weighted by Gasteiger charge is -2.44. The highest BCUT2D eigenvalue weighted by atomic mass is 15.2. The molecule has 0 aromatic rings. The topological polar surface area (TPSA) is 29.3 Å². The molecule has 0 spiro atoms. The number of nitrogens with two attached hydrogens (primary N) is 1. The van der Waals surface area contributed by atoms with E-state index in [1.165, 1.54) is 57.9 Å². The summed E-state index contributed by atoms with van der Waals surface area (Å²) in [5.41, 5.74) is 6.39. The van der Waals surface area contributed by atoms with E-state index in [2.05, 4.69) is 18.9 Å². The Morgan fingerprint density at radius 2 is 1.95 bits per heavy atom. The maximum Gasteiger partial charge on any atom is 0.0303 e. The summed E-state index contributed by atoms with van der Waals surface area (Å²) in [6.07, 6.45) is 11.7. The van der Waals surface area contributed by atoms with Gasteiger partial charge >= 0.3 is 0 Å². The highest BCUT2D eigenvalue weighted by Crippen LogP contribution is 2.49. The molecular weight excluding hydrogens is 232 g/mol. The fraction of sp³-hybridized carbons (Fsp3) is 1.00. The molecule has 19 heavy (non-hydrogen) atoms. The van der Waals surface area contributed by atoms with Crippen LogP contribution in [0.2, 0.25) is 0 Å². The van der Waals surface area contributed by atoms with Gasteiger partial charge in [-0.1, -0.05) is 25.7 Å². The first-order valence-corrected chi connectivity index (χ1v) is 8.52. The Morgan fingerprint density at radius 3 is 2.42 bits per heavy atom. The lowest BCUT2D eigenvalue weighted by molar-refractivity contribution is 0.0678. The number of likely N-dealkylation sites (N-methyl/N-ethyl adjacent to an activating group) is 1. The van der Waals surface area contributed by atoms with E-state index in [4.69, 9.17) is 5.73 Å². The van der Waals surface area contributed by atoms with Crippen LogP contribution < -0.4 is 5.73 Å². The molecule has 4 atom stereocenters. The van der Waals surface area contributed by atoms with Crippen molar-refractivity contribution in [2.45, 2.75) is 63.8 Å². The average Bonchev–Trinajstić information content (AvgIpc) is 2.95. The number of fused-ring (bicyclic) bond motifs is 2. The van der Waals surface area contributed by atoms with E-state index in [0.717, 1.165) is 30.2 Å². The maximum atomic E-state index is 6.14. The zero-order valence-corrected chi connectivity index (χ0v) is 12.9. The van der Waals surface area contributed by atoms with Crippen LogP contribution in [0.1, 0.15) is 58.3 Å². The molecule has 0 heterocycles. The van der Waals surface area contributed by atoms with E-state index in [9.17, 15) is 0 Å². The van der Waals surface area contributed by atoms with Gasteiger partial charge in [0.2, 0.25) is 0 Å². The summed E-state index contributed by atoms with van der Waals surface area (Å²) in [6, 6.07) is 0.